The van der Waals surface area contributed by atoms with Crippen molar-refractivity contribution in [3.8, 4) is 0 Å². The van der Waals surface area contributed by atoms with Gasteiger partial charge in [-0.25, -0.2) is 4.79 Å². The van der Waals surface area contributed by atoms with Gasteiger partial charge in [0.25, 0.3) is 5.69 Å². The average molecular weight is 279 g/mol. The second kappa shape index (κ2) is 5.55. The van der Waals surface area contributed by atoms with E-state index in [1.54, 1.807) is 4.90 Å². The van der Waals surface area contributed by atoms with Crippen LogP contribution >= 0.6 is 0 Å². The molecule has 0 bridgehead atoms. The second-order valence-corrected chi connectivity index (χ2v) is 4.39. The zero-order valence-electron chi connectivity index (χ0n) is 10.5. The van der Waals surface area contributed by atoms with E-state index < -0.39 is 16.6 Å². The number of carbonyl (C=O) groups excluding carboxylic acids is 1. The molecule has 0 spiro atoms. The summed E-state index contributed by atoms with van der Waals surface area (Å²) >= 11 is 0. The molecule has 0 atom stereocenters. The zero-order chi connectivity index (χ0) is 14.7. The van der Waals surface area contributed by atoms with Crippen molar-refractivity contribution in [1.29, 1.82) is 0 Å². The Hall–Kier alpha value is -2.64. The number of benzene rings is 1. The Kier molecular flexibility index (Phi) is 3.83. The number of amides is 1. The smallest absolute Gasteiger partial charge is 0.342 e. The molecule has 1 aromatic rings. The van der Waals surface area contributed by atoms with Gasteiger partial charge in [0.05, 0.1) is 11.5 Å². The van der Waals surface area contributed by atoms with Crippen LogP contribution in [0.1, 0.15) is 16.8 Å². The molecule has 1 aliphatic heterocycles. The first kappa shape index (κ1) is 13.8. The van der Waals surface area contributed by atoms with Gasteiger partial charge >= 0.3 is 5.97 Å². The molecule has 106 valence electrons. The highest BCUT2D eigenvalue weighted by Crippen LogP contribution is 2.26. The summed E-state index contributed by atoms with van der Waals surface area (Å²) in [6.07, 6.45) is 0.722. The predicted octanol–water partition coefficient (Wildman–Crippen LogP) is 0.619. The lowest BCUT2D eigenvalue weighted by Gasteiger charge is -2.21. The molecule has 1 saturated heterocycles. The Morgan fingerprint density at radius 1 is 1.45 bits per heavy atom. The first-order valence-corrected chi connectivity index (χ1v) is 6.02. The molecular weight excluding hydrogens is 266 g/mol. The van der Waals surface area contributed by atoms with Crippen LogP contribution in [0.5, 0.6) is 0 Å². The number of nitrogens with one attached hydrogen (secondary N) is 1. The second-order valence-electron chi connectivity index (χ2n) is 4.39. The van der Waals surface area contributed by atoms with Crippen LogP contribution in [0.15, 0.2) is 18.2 Å². The lowest BCUT2D eigenvalue weighted by atomic mass is 10.1. The van der Waals surface area contributed by atoms with E-state index >= 15 is 0 Å². The highest BCUT2D eigenvalue weighted by atomic mass is 16.6. The van der Waals surface area contributed by atoms with Crippen LogP contribution in [0.25, 0.3) is 0 Å². The van der Waals surface area contributed by atoms with Crippen molar-refractivity contribution in [2.24, 2.45) is 0 Å². The lowest BCUT2D eigenvalue weighted by Crippen LogP contribution is -2.33. The van der Waals surface area contributed by atoms with Gasteiger partial charge in [-0.1, -0.05) is 0 Å². The van der Waals surface area contributed by atoms with Crippen molar-refractivity contribution >= 4 is 23.3 Å². The fourth-order valence-electron chi connectivity index (χ4n) is 2.08. The molecule has 0 radical (unpaired) electrons. The number of nitro groups is 1. The number of carboxylic acids is 1. The number of nitro benzene ring substituents is 1. The minimum Gasteiger partial charge on any atom is -0.477 e. The topological polar surface area (TPSA) is 113 Å². The molecule has 8 heteroatoms. The Labute approximate surface area is 114 Å². The SMILES string of the molecule is O=C1CN(c2ccc(C(=O)O)c([N+](=O)[O-])c2)CCCN1. The minimum absolute atomic E-state index is 0.101. The largest absolute Gasteiger partial charge is 0.477 e. The number of carboxylic acid groups (broad SMARTS) is 1. The van der Waals surface area contributed by atoms with Gasteiger partial charge in [0, 0.05) is 24.8 Å². The van der Waals surface area contributed by atoms with Gasteiger partial charge in [0.15, 0.2) is 0 Å². The molecule has 1 fully saturated rings. The van der Waals surface area contributed by atoms with Gasteiger partial charge in [-0.3, -0.25) is 14.9 Å². The summed E-state index contributed by atoms with van der Waals surface area (Å²) in [5.41, 5.74) is -0.364. The van der Waals surface area contributed by atoms with Crippen LogP contribution in [0.3, 0.4) is 0 Å². The van der Waals surface area contributed by atoms with Crippen molar-refractivity contribution in [2.75, 3.05) is 24.5 Å². The third kappa shape index (κ3) is 2.85. The zero-order valence-corrected chi connectivity index (χ0v) is 10.5. The van der Waals surface area contributed by atoms with Gasteiger partial charge in [-0.2, -0.15) is 0 Å². The Morgan fingerprint density at radius 3 is 2.85 bits per heavy atom. The Morgan fingerprint density at radius 2 is 2.20 bits per heavy atom. The van der Waals surface area contributed by atoms with Crippen molar-refractivity contribution in [2.45, 2.75) is 6.42 Å². The first-order chi connectivity index (χ1) is 9.49. The third-order valence-electron chi connectivity index (χ3n) is 3.04. The normalized spacial score (nSPS) is 15.4. The van der Waals surface area contributed by atoms with E-state index in [1.807, 2.05) is 0 Å². The van der Waals surface area contributed by atoms with Crippen LogP contribution in [0, 0.1) is 10.1 Å². The van der Waals surface area contributed by atoms with Crippen LogP contribution < -0.4 is 10.2 Å². The van der Waals surface area contributed by atoms with E-state index in [0.29, 0.717) is 18.8 Å². The summed E-state index contributed by atoms with van der Waals surface area (Å²) in [5.74, 6) is -1.51. The minimum atomic E-state index is -1.35. The van der Waals surface area contributed by atoms with E-state index in [1.165, 1.54) is 18.2 Å². The van der Waals surface area contributed by atoms with Crippen LogP contribution in [0.2, 0.25) is 0 Å². The number of hydrogen-bond acceptors (Lipinski definition) is 5. The van der Waals surface area contributed by atoms with E-state index in [-0.39, 0.29) is 18.0 Å². The maximum atomic E-state index is 11.5. The molecule has 0 aromatic heterocycles. The quantitative estimate of drug-likeness (QED) is 0.619. The number of carbonyl (C=O) groups is 2. The van der Waals surface area contributed by atoms with E-state index in [9.17, 15) is 19.7 Å². The van der Waals surface area contributed by atoms with Gasteiger partial charge in [-0.05, 0) is 18.6 Å². The van der Waals surface area contributed by atoms with Crippen LogP contribution in [-0.4, -0.2) is 41.5 Å². The summed E-state index contributed by atoms with van der Waals surface area (Å²) in [5, 5.41) is 22.6. The average Bonchev–Trinajstić information content (AvgIpc) is 2.62. The van der Waals surface area contributed by atoms with E-state index in [4.69, 9.17) is 5.11 Å². The first-order valence-electron chi connectivity index (χ1n) is 6.02. The van der Waals surface area contributed by atoms with E-state index in [2.05, 4.69) is 5.32 Å². The highest BCUT2D eigenvalue weighted by molar-refractivity contribution is 5.93. The molecule has 1 aromatic carbocycles. The maximum absolute atomic E-state index is 11.5. The molecule has 2 N–H and O–H groups in total. The van der Waals surface area contributed by atoms with Gasteiger partial charge < -0.3 is 15.3 Å². The molecule has 2 rings (SSSR count). The third-order valence-corrected chi connectivity index (χ3v) is 3.04. The number of aromatic carboxylic acids is 1. The van der Waals surface area contributed by atoms with Crippen LogP contribution in [0.4, 0.5) is 11.4 Å². The summed E-state index contributed by atoms with van der Waals surface area (Å²) < 4.78 is 0. The fourth-order valence-corrected chi connectivity index (χ4v) is 2.08. The monoisotopic (exact) mass is 279 g/mol. The number of hydrogen-bond donors (Lipinski definition) is 2. The highest BCUT2D eigenvalue weighted by Gasteiger charge is 2.23. The van der Waals surface area contributed by atoms with E-state index in [0.717, 1.165) is 6.42 Å². The Balaban J connectivity index is 2.37. The lowest BCUT2D eigenvalue weighted by molar-refractivity contribution is -0.385. The summed E-state index contributed by atoms with van der Waals surface area (Å²) in [4.78, 5) is 34.3. The Bertz CT molecular complexity index is 572. The summed E-state index contributed by atoms with van der Waals surface area (Å²) in [6, 6.07) is 3.87. The number of rotatable bonds is 3. The molecule has 0 saturated carbocycles. The molecule has 8 nitrogen and oxygen atoms in total. The van der Waals surface area contributed by atoms with Gasteiger partial charge in [0.2, 0.25) is 5.91 Å². The van der Waals surface area contributed by atoms with Crippen molar-refractivity contribution in [1.82, 2.24) is 5.32 Å². The molecule has 0 unspecified atom stereocenters. The molecule has 20 heavy (non-hydrogen) atoms. The summed E-state index contributed by atoms with van der Waals surface area (Å²) in [7, 11) is 0. The molecule has 0 aliphatic carbocycles. The van der Waals surface area contributed by atoms with Gasteiger partial charge in [0.1, 0.15) is 5.56 Å². The predicted molar refractivity (Wildman–Crippen MR) is 69.9 cm³/mol. The van der Waals surface area contributed by atoms with Crippen molar-refractivity contribution in [3.05, 3.63) is 33.9 Å². The molecule has 1 aliphatic rings. The van der Waals surface area contributed by atoms with Gasteiger partial charge in [-0.15, -0.1) is 0 Å². The van der Waals surface area contributed by atoms with Crippen LogP contribution in [-0.2, 0) is 4.79 Å². The maximum Gasteiger partial charge on any atom is 0.342 e. The molecular formula is C12H13N3O5. The van der Waals surface area contributed by atoms with Crippen molar-refractivity contribution in [3.63, 3.8) is 0 Å². The van der Waals surface area contributed by atoms with Crippen molar-refractivity contribution < 1.29 is 19.6 Å². The fraction of sp³-hybridized carbons (Fsp3) is 0.333. The number of nitrogens with zero attached hydrogens (tertiary/aromatic N) is 2. The molecule has 1 heterocycles. The standard InChI is InChI=1S/C12H13N3O5/c16-11-7-14(5-1-4-13-11)8-2-3-9(12(17)18)10(6-8)15(19)20/h2-3,6H,1,4-5,7H2,(H,13,16)(H,17,18). The number of anilines is 1. The molecule has 1 amide bonds. The summed E-state index contributed by atoms with van der Waals surface area (Å²) in [6.45, 7) is 1.23.